The molecule has 4 heteroatoms. The molecule has 0 radical (unpaired) electrons. The van der Waals surface area contributed by atoms with E-state index in [-0.39, 0.29) is 10.9 Å². The van der Waals surface area contributed by atoms with Crippen LogP contribution in [0.25, 0.3) is 21.7 Å². The van der Waals surface area contributed by atoms with Crippen LogP contribution in [0.2, 0.25) is 0 Å². The van der Waals surface area contributed by atoms with Crippen molar-refractivity contribution in [3.8, 4) is 0 Å². The van der Waals surface area contributed by atoms with Crippen LogP contribution in [0.15, 0.2) is 57.9 Å². The highest BCUT2D eigenvalue weighted by molar-refractivity contribution is 9.10. The Labute approximate surface area is 111 Å². The van der Waals surface area contributed by atoms with Gasteiger partial charge in [0.05, 0.1) is 5.39 Å². The van der Waals surface area contributed by atoms with Gasteiger partial charge in [-0.25, -0.2) is 0 Å². The van der Waals surface area contributed by atoms with Gasteiger partial charge in [0, 0.05) is 15.9 Å². The first-order valence-corrected chi connectivity index (χ1v) is 6.20. The maximum Gasteiger partial charge on any atom is 0.272 e. The molecule has 0 N–H and O–H groups in total. The second kappa shape index (κ2) is 4.07. The van der Waals surface area contributed by atoms with E-state index in [9.17, 15) is 10.0 Å². The summed E-state index contributed by atoms with van der Waals surface area (Å²) in [5.41, 5.74) is -0.0764. The summed E-state index contributed by atoms with van der Waals surface area (Å²) in [5, 5.41) is 13.8. The fourth-order valence-electron chi connectivity index (χ4n) is 2.05. The minimum Gasteiger partial charge on any atom is -0.618 e. The first-order valence-electron chi connectivity index (χ1n) is 5.41. The molecule has 0 atom stereocenters. The molecule has 1 heterocycles. The lowest BCUT2D eigenvalue weighted by Crippen LogP contribution is -2.30. The van der Waals surface area contributed by atoms with E-state index in [4.69, 9.17) is 0 Å². The summed E-state index contributed by atoms with van der Waals surface area (Å²) in [6.07, 6.45) is 1.34. The van der Waals surface area contributed by atoms with Gasteiger partial charge < -0.3 is 5.21 Å². The molecule has 3 aromatic rings. The predicted molar refractivity (Wildman–Crippen MR) is 74.4 cm³/mol. The molecule has 0 saturated heterocycles. The SMILES string of the molecule is O=c1c2cc(Br)ccc2ccc2ccc[n+]([O-])c12. The van der Waals surface area contributed by atoms with Crippen LogP contribution < -0.4 is 10.2 Å². The standard InChI is InChI=1S/C14H8BrNO2/c15-11-6-5-9-3-4-10-2-1-7-16(18)13(10)14(17)12(9)8-11/h1-8H. The fraction of sp³-hybridized carbons (Fsp3) is 0. The zero-order valence-corrected chi connectivity index (χ0v) is 10.8. The maximum atomic E-state index is 12.4. The summed E-state index contributed by atoms with van der Waals surface area (Å²) in [7, 11) is 0. The molecule has 0 aliphatic rings. The Morgan fingerprint density at radius 1 is 1.06 bits per heavy atom. The van der Waals surface area contributed by atoms with E-state index in [1.807, 2.05) is 18.2 Å². The molecule has 0 fully saturated rings. The van der Waals surface area contributed by atoms with Crippen LogP contribution in [0.5, 0.6) is 0 Å². The Balaban J connectivity index is 2.68. The summed E-state index contributed by atoms with van der Waals surface area (Å²) >= 11 is 3.34. The van der Waals surface area contributed by atoms with Crippen molar-refractivity contribution in [1.29, 1.82) is 0 Å². The third-order valence-corrected chi connectivity index (χ3v) is 3.40. The zero-order chi connectivity index (χ0) is 12.7. The van der Waals surface area contributed by atoms with Gasteiger partial charge in [0.1, 0.15) is 0 Å². The molecule has 3 rings (SSSR count). The number of hydrogen-bond donors (Lipinski definition) is 0. The maximum absolute atomic E-state index is 12.4. The lowest BCUT2D eigenvalue weighted by molar-refractivity contribution is -0.577. The first-order chi connectivity index (χ1) is 8.66. The van der Waals surface area contributed by atoms with Crippen LogP contribution >= 0.6 is 15.9 Å². The van der Waals surface area contributed by atoms with E-state index in [0.29, 0.717) is 15.5 Å². The van der Waals surface area contributed by atoms with E-state index in [1.54, 1.807) is 24.3 Å². The van der Waals surface area contributed by atoms with Gasteiger partial charge in [0.2, 0.25) is 0 Å². The highest BCUT2D eigenvalue weighted by atomic mass is 79.9. The van der Waals surface area contributed by atoms with Gasteiger partial charge in [0.25, 0.3) is 10.9 Å². The molecule has 1 aromatic heterocycles. The average Bonchev–Trinajstić information content (AvgIpc) is 2.49. The number of rotatable bonds is 0. The van der Waals surface area contributed by atoms with Crippen LogP contribution in [0.3, 0.4) is 0 Å². The van der Waals surface area contributed by atoms with Gasteiger partial charge in [-0.3, -0.25) is 4.79 Å². The number of benzene rings is 1. The van der Waals surface area contributed by atoms with E-state index in [1.165, 1.54) is 6.20 Å². The summed E-state index contributed by atoms with van der Waals surface area (Å²) in [6, 6.07) is 12.5. The van der Waals surface area contributed by atoms with E-state index >= 15 is 0 Å². The molecule has 0 unspecified atom stereocenters. The lowest BCUT2D eigenvalue weighted by atomic mass is 10.2. The van der Waals surface area contributed by atoms with Crippen molar-refractivity contribution in [1.82, 2.24) is 0 Å². The number of halogens is 1. The summed E-state index contributed by atoms with van der Waals surface area (Å²) in [6.45, 7) is 0. The summed E-state index contributed by atoms with van der Waals surface area (Å²) < 4.78 is 1.44. The molecule has 0 bridgehead atoms. The minimum absolute atomic E-state index is 0.172. The molecule has 18 heavy (non-hydrogen) atoms. The molecular weight excluding hydrogens is 294 g/mol. The monoisotopic (exact) mass is 301 g/mol. The second-order valence-electron chi connectivity index (χ2n) is 4.03. The van der Waals surface area contributed by atoms with Crippen LogP contribution in [0.4, 0.5) is 0 Å². The van der Waals surface area contributed by atoms with Gasteiger partial charge in [-0.2, -0.15) is 4.73 Å². The molecule has 0 amide bonds. The minimum atomic E-state index is -0.248. The van der Waals surface area contributed by atoms with Crippen molar-refractivity contribution in [3.05, 3.63) is 68.6 Å². The van der Waals surface area contributed by atoms with Gasteiger partial charge in [-0.1, -0.05) is 28.1 Å². The van der Waals surface area contributed by atoms with Crippen molar-refractivity contribution in [2.24, 2.45) is 0 Å². The Morgan fingerprint density at radius 2 is 1.78 bits per heavy atom. The van der Waals surface area contributed by atoms with Crippen molar-refractivity contribution >= 4 is 37.6 Å². The third-order valence-electron chi connectivity index (χ3n) is 2.91. The topological polar surface area (TPSA) is 44.0 Å². The van der Waals surface area contributed by atoms with Gasteiger partial charge in [-0.05, 0) is 29.7 Å². The molecule has 0 aliphatic heterocycles. The largest absolute Gasteiger partial charge is 0.618 e. The Kier molecular flexibility index (Phi) is 2.52. The van der Waals surface area contributed by atoms with Gasteiger partial charge >= 0.3 is 0 Å². The lowest BCUT2D eigenvalue weighted by Gasteiger charge is -1.96. The smallest absolute Gasteiger partial charge is 0.272 e. The quantitative estimate of drug-likeness (QED) is 0.473. The summed E-state index contributed by atoms with van der Waals surface area (Å²) in [5.74, 6) is 0. The number of aromatic nitrogens is 1. The molecule has 0 saturated carbocycles. The van der Waals surface area contributed by atoms with E-state index in [0.717, 1.165) is 9.86 Å². The fourth-order valence-corrected chi connectivity index (χ4v) is 2.41. The molecule has 0 aliphatic carbocycles. The Hall–Kier alpha value is -1.94. The molecule has 3 nitrogen and oxygen atoms in total. The number of hydrogen-bond acceptors (Lipinski definition) is 2. The molecule has 2 aromatic carbocycles. The predicted octanol–water partition coefficient (Wildman–Crippen LogP) is 2.75. The molecular formula is C14H8BrNO2. The first kappa shape index (κ1) is 11.2. The Morgan fingerprint density at radius 3 is 2.61 bits per heavy atom. The zero-order valence-electron chi connectivity index (χ0n) is 9.26. The van der Waals surface area contributed by atoms with Crippen LogP contribution in [0, 0.1) is 5.21 Å². The van der Waals surface area contributed by atoms with Crippen molar-refractivity contribution in [2.45, 2.75) is 0 Å². The molecule has 0 spiro atoms. The number of fused-ring (bicyclic) bond motifs is 2. The van der Waals surface area contributed by atoms with Crippen molar-refractivity contribution in [3.63, 3.8) is 0 Å². The van der Waals surface area contributed by atoms with Crippen LogP contribution in [-0.4, -0.2) is 0 Å². The highest BCUT2D eigenvalue weighted by Crippen LogP contribution is 2.18. The van der Waals surface area contributed by atoms with Crippen LogP contribution in [0.1, 0.15) is 0 Å². The summed E-state index contributed by atoms with van der Waals surface area (Å²) in [4.78, 5) is 12.4. The normalized spacial score (nSPS) is 10.9. The third kappa shape index (κ3) is 1.66. The molecule has 88 valence electrons. The van der Waals surface area contributed by atoms with E-state index < -0.39 is 0 Å². The van der Waals surface area contributed by atoms with E-state index in [2.05, 4.69) is 15.9 Å². The second-order valence-corrected chi connectivity index (χ2v) is 4.95. The van der Waals surface area contributed by atoms with Gasteiger partial charge in [-0.15, -0.1) is 0 Å². The Bertz CT molecular complexity index is 830. The average molecular weight is 302 g/mol. The van der Waals surface area contributed by atoms with Crippen molar-refractivity contribution in [2.75, 3.05) is 0 Å². The van der Waals surface area contributed by atoms with Crippen LogP contribution in [-0.2, 0) is 0 Å². The number of pyridine rings is 1. The number of nitrogens with zero attached hydrogens (tertiary/aromatic N) is 1. The van der Waals surface area contributed by atoms with Crippen molar-refractivity contribution < 1.29 is 4.73 Å². The highest BCUT2D eigenvalue weighted by Gasteiger charge is 2.09. The van der Waals surface area contributed by atoms with Gasteiger partial charge in [0.15, 0.2) is 6.20 Å².